The van der Waals surface area contributed by atoms with Gasteiger partial charge in [0.05, 0.1) is 6.26 Å². The van der Waals surface area contributed by atoms with Crippen molar-refractivity contribution in [1.82, 2.24) is 5.32 Å². The van der Waals surface area contributed by atoms with E-state index in [1.165, 1.54) is 6.26 Å². The average Bonchev–Trinajstić information content (AvgIpc) is 2.69. The second-order valence-electron chi connectivity index (χ2n) is 3.80. The van der Waals surface area contributed by atoms with Crippen LogP contribution in [-0.4, -0.2) is 28.9 Å². The smallest absolute Gasteiger partial charge is 0.326 e. The summed E-state index contributed by atoms with van der Waals surface area (Å²) >= 11 is 0. The summed E-state index contributed by atoms with van der Waals surface area (Å²) < 4.78 is 4.94. The number of amides is 2. The molecule has 1 heterocycles. The number of carbonyl (C=O) groups excluding carboxylic acids is 2. The fraction of sp³-hybridized carbons (Fsp3) is 0.364. The van der Waals surface area contributed by atoms with Crippen molar-refractivity contribution < 1.29 is 23.9 Å². The zero-order valence-corrected chi connectivity index (χ0v) is 9.80. The average molecular weight is 254 g/mol. The molecule has 1 aromatic heterocycles. The van der Waals surface area contributed by atoms with Crippen LogP contribution in [0.1, 0.15) is 29.0 Å². The predicted molar refractivity (Wildman–Crippen MR) is 60.8 cm³/mol. The van der Waals surface area contributed by atoms with Gasteiger partial charge in [-0.05, 0) is 19.4 Å². The Morgan fingerprint density at radius 1 is 1.50 bits per heavy atom. The molecule has 1 aromatic rings. The molecule has 98 valence electrons. The number of furan rings is 1. The van der Waals surface area contributed by atoms with Crippen LogP contribution in [0.5, 0.6) is 0 Å². The molecule has 4 N–H and O–H groups in total. The predicted octanol–water partition coefficient (Wildman–Crippen LogP) is 0.0365. The number of carboxylic acid groups (broad SMARTS) is 1. The van der Waals surface area contributed by atoms with E-state index in [9.17, 15) is 14.4 Å². The minimum Gasteiger partial charge on any atom is -0.480 e. The highest BCUT2D eigenvalue weighted by Gasteiger charge is 2.23. The van der Waals surface area contributed by atoms with Crippen LogP contribution in [0.2, 0.25) is 0 Å². The number of nitrogens with one attached hydrogen (secondary N) is 1. The van der Waals surface area contributed by atoms with Gasteiger partial charge >= 0.3 is 5.97 Å². The quantitative estimate of drug-likeness (QED) is 0.661. The maximum Gasteiger partial charge on any atom is 0.326 e. The monoisotopic (exact) mass is 254 g/mol. The van der Waals surface area contributed by atoms with Gasteiger partial charge in [0.1, 0.15) is 6.04 Å². The van der Waals surface area contributed by atoms with E-state index < -0.39 is 23.8 Å². The van der Waals surface area contributed by atoms with E-state index >= 15 is 0 Å². The Kier molecular flexibility index (Phi) is 4.47. The third-order valence-corrected chi connectivity index (χ3v) is 2.35. The largest absolute Gasteiger partial charge is 0.480 e. The van der Waals surface area contributed by atoms with Crippen LogP contribution in [0, 0.1) is 6.92 Å². The number of hydrogen-bond acceptors (Lipinski definition) is 4. The lowest BCUT2D eigenvalue weighted by Gasteiger charge is -2.12. The van der Waals surface area contributed by atoms with Crippen LogP contribution >= 0.6 is 0 Å². The molecule has 0 aliphatic heterocycles. The Balaban J connectivity index is 2.67. The zero-order valence-electron chi connectivity index (χ0n) is 9.80. The first kappa shape index (κ1) is 13.8. The summed E-state index contributed by atoms with van der Waals surface area (Å²) in [5.74, 6) is -2.42. The van der Waals surface area contributed by atoms with Crippen LogP contribution in [0.15, 0.2) is 16.7 Å². The molecule has 0 aliphatic rings. The number of rotatable bonds is 6. The number of nitrogens with two attached hydrogens (primary N) is 1. The van der Waals surface area contributed by atoms with Gasteiger partial charge in [-0.3, -0.25) is 9.59 Å². The number of aryl methyl sites for hydroxylation is 1. The summed E-state index contributed by atoms with van der Waals surface area (Å²) in [5, 5.41) is 11.2. The van der Waals surface area contributed by atoms with Crippen LogP contribution in [0.3, 0.4) is 0 Å². The van der Waals surface area contributed by atoms with E-state index in [1.807, 2.05) is 0 Å². The third-order valence-electron chi connectivity index (χ3n) is 2.35. The first-order valence-corrected chi connectivity index (χ1v) is 5.28. The van der Waals surface area contributed by atoms with Gasteiger partial charge < -0.3 is 20.6 Å². The van der Waals surface area contributed by atoms with E-state index in [1.54, 1.807) is 13.0 Å². The van der Waals surface area contributed by atoms with Gasteiger partial charge in [0, 0.05) is 12.0 Å². The standard InChI is InChI=1S/C11H14N2O5/c1-6-4-5-18-9(6)10(15)13-7(11(16)17)2-3-8(12)14/h4-5,7H,2-3H2,1H3,(H2,12,14)(H,13,15)(H,16,17)/t7-/m1/s1. The topological polar surface area (TPSA) is 123 Å². The molecule has 0 saturated carbocycles. The molecule has 0 aromatic carbocycles. The SMILES string of the molecule is Cc1ccoc1C(=O)N[C@H](CCC(N)=O)C(=O)O. The third kappa shape index (κ3) is 3.62. The maximum absolute atomic E-state index is 11.7. The Morgan fingerprint density at radius 2 is 2.17 bits per heavy atom. The molecule has 2 amide bonds. The molecule has 7 heteroatoms. The fourth-order valence-electron chi connectivity index (χ4n) is 1.37. The maximum atomic E-state index is 11.7. The van der Waals surface area contributed by atoms with Crippen molar-refractivity contribution in [3.63, 3.8) is 0 Å². The highest BCUT2D eigenvalue weighted by atomic mass is 16.4. The molecule has 0 saturated heterocycles. The van der Waals surface area contributed by atoms with Gasteiger partial charge in [-0.2, -0.15) is 0 Å². The molecular weight excluding hydrogens is 240 g/mol. The molecule has 0 spiro atoms. The lowest BCUT2D eigenvalue weighted by Crippen LogP contribution is -2.41. The molecule has 18 heavy (non-hydrogen) atoms. The number of carbonyl (C=O) groups is 3. The molecular formula is C11H14N2O5. The Morgan fingerprint density at radius 3 is 2.61 bits per heavy atom. The van der Waals surface area contributed by atoms with Crippen molar-refractivity contribution in [3.05, 3.63) is 23.7 Å². The summed E-state index contributed by atoms with van der Waals surface area (Å²) in [4.78, 5) is 33.2. The normalized spacial score (nSPS) is 11.8. The molecule has 0 fully saturated rings. The second kappa shape index (κ2) is 5.85. The van der Waals surface area contributed by atoms with Crippen molar-refractivity contribution in [1.29, 1.82) is 0 Å². The number of hydrogen-bond donors (Lipinski definition) is 3. The second-order valence-corrected chi connectivity index (χ2v) is 3.80. The van der Waals surface area contributed by atoms with Gasteiger partial charge in [0.2, 0.25) is 5.91 Å². The first-order valence-electron chi connectivity index (χ1n) is 5.28. The van der Waals surface area contributed by atoms with Gasteiger partial charge in [0.15, 0.2) is 5.76 Å². The van der Waals surface area contributed by atoms with Crippen molar-refractivity contribution in [2.75, 3.05) is 0 Å². The van der Waals surface area contributed by atoms with Gasteiger partial charge in [-0.25, -0.2) is 4.79 Å². The number of primary amides is 1. The van der Waals surface area contributed by atoms with Crippen LogP contribution < -0.4 is 11.1 Å². The zero-order chi connectivity index (χ0) is 13.7. The summed E-state index contributed by atoms with van der Waals surface area (Å²) in [6.45, 7) is 1.66. The molecule has 1 atom stereocenters. The minimum atomic E-state index is -1.23. The first-order chi connectivity index (χ1) is 8.41. The van der Waals surface area contributed by atoms with E-state index in [4.69, 9.17) is 15.3 Å². The molecule has 1 rings (SSSR count). The van der Waals surface area contributed by atoms with E-state index in [0.29, 0.717) is 5.56 Å². The molecule has 0 bridgehead atoms. The van der Waals surface area contributed by atoms with E-state index in [2.05, 4.69) is 5.32 Å². The minimum absolute atomic E-state index is 0.0559. The summed E-state index contributed by atoms with van der Waals surface area (Å²) in [6, 6.07) is 0.420. The van der Waals surface area contributed by atoms with Crippen molar-refractivity contribution in [2.24, 2.45) is 5.73 Å². The van der Waals surface area contributed by atoms with Gasteiger partial charge in [-0.1, -0.05) is 0 Å². The van der Waals surface area contributed by atoms with Crippen molar-refractivity contribution >= 4 is 17.8 Å². The molecule has 0 aliphatic carbocycles. The summed E-state index contributed by atoms with van der Waals surface area (Å²) in [7, 11) is 0. The van der Waals surface area contributed by atoms with Gasteiger partial charge in [-0.15, -0.1) is 0 Å². The van der Waals surface area contributed by atoms with Crippen LogP contribution in [0.4, 0.5) is 0 Å². The van der Waals surface area contributed by atoms with E-state index in [0.717, 1.165) is 0 Å². The van der Waals surface area contributed by atoms with E-state index in [-0.39, 0.29) is 18.6 Å². The highest BCUT2D eigenvalue weighted by molar-refractivity contribution is 5.95. The van der Waals surface area contributed by atoms with Crippen molar-refractivity contribution in [3.8, 4) is 0 Å². The summed E-state index contributed by atoms with van der Waals surface area (Å²) in [6.07, 6.45) is 1.16. The highest BCUT2D eigenvalue weighted by Crippen LogP contribution is 2.09. The lowest BCUT2D eigenvalue weighted by molar-refractivity contribution is -0.139. The molecule has 7 nitrogen and oxygen atoms in total. The lowest BCUT2D eigenvalue weighted by atomic mass is 10.1. The fourth-order valence-corrected chi connectivity index (χ4v) is 1.37. The Hall–Kier alpha value is -2.31. The number of carboxylic acids is 1. The number of aliphatic carboxylic acids is 1. The Bertz CT molecular complexity index is 466. The van der Waals surface area contributed by atoms with Crippen LogP contribution in [-0.2, 0) is 9.59 Å². The molecule has 0 radical (unpaired) electrons. The van der Waals surface area contributed by atoms with Crippen molar-refractivity contribution in [2.45, 2.75) is 25.8 Å². The summed E-state index contributed by atoms with van der Waals surface area (Å²) in [5.41, 5.74) is 5.53. The Labute approximate surface area is 103 Å². The van der Waals surface area contributed by atoms with Gasteiger partial charge in [0.25, 0.3) is 5.91 Å². The van der Waals surface area contributed by atoms with Crippen LogP contribution in [0.25, 0.3) is 0 Å². The molecule has 0 unspecified atom stereocenters.